The highest BCUT2D eigenvalue weighted by atomic mass is 35.5. The highest BCUT2D eigenvalue weighted by Gasteiger charge is 2.20. The van der Waals surface area contributed by atoms with Crippen LogP contribution in [0.1, 0.15) is 13.3 Å². The quantitative estimate of drug-likeness (QED) is 0.527. The number of nitrogens with one attached hydrogen (secondary N) is 1. The monoisotopic (exact) mass is 428 g/mol. The Morgan fingerprint density at radius 1 is 1.17 bits per heavy atom. The summed E-state index contributed by atoms with van der Waals surface area (Å²) in [6.07, 6.45) is 2.25. The van der Waals surface area contributed by atoms with Crippen LogP contribution in [0.15, 0.2) is 52.2 Å². The second-order valence-corrected chi connectivity index (χ2v) is 7.90. The minimum absolute atomic E-state index is 0.245. The first kappa shape index (κ1) is 19.4. The number of hydrogen-bond donors (Lipinski definition) is 1. The predicted octanol–water partition coefficient (Wildman–Crippen LogP) is 3.48. The molecule has 3 heterocycles. The Kier molecular flexibility index (Phi) is 5.21. The molecule has 29 heavy (non-hydrogen) atoms. The van der Waals surface area contributed by atoms with E-state index in [1.807, 2.05) is 6.92 Å². The molecule has 0 bridgehead atoms. The maximum Gasteiger partial charge on any atom is 0.332 e. The van der Waals surface area contributed by atoms with Crippen molar-refractivity contribution >= 4 is 55.0 Å². The lowest BCUT2D eigenvalue weighted by molar-refractivity contribution is -0.116. The summed E-state index contributed by atoms with van der Waals surface area (Å²) in [5.41, 5.74) is 0.0387. The first-order valence-electron chi connectivity index (χ1n) is 9.06. The first-order valence-corrected chi connectivity index (χ1v) is 10.3. The molecule has 1 N–H and O–H groups in total. The van der Waals surface area contributed by atoms with Gasteiger partial charge in [-0.15, -0.1) is 11.3 Å². The number of carbonyl (C=O) groups is 1. The average molecular weight is 429 g/mol. The molecular weight excluding hydrogens is 412 g/mol. The Balaban J connectivity index is 1.88. The number of amides is 1. The second kappa shape index (κ2) is 7.81. The van der Waals surface area contributed by atoms with E-state index in [4.69, 9.17) is 11.6 Å². The Labute approximate surface area is 174 Å². The van der Waals surface area contributed by atoms with E-state index in [-0.39, 0.29) is 18.6 Å². The number of benzene rings is 1. The van der Waals surface area contributed by atoms with Gasteiger partial charge in [0.15, 0.2) is 0 Å². The summed E-state index contributed by atoms with van der Waals surface area (Å²) >= 11 is 7.34. The molecule has 7 nitrogen and oxygen atoms in total. The molecule has 1 amide bonds. The standard InChI is InChI=1S/C20H17ClN4O3S/c1-2-10-24-19(27)17-16(12-6-5-9-22-18(12)29-17)25(20(24)28)11-15(26)23-14-8-4-3-7-13(14)21/h3-9H,2,10-11H2,1H3,(H,23,26). The van der Waals surface area contributed by atoms with Crippen molar-refractivity contribution < 1.29 is 4.79 Å². The molecular formula is C20H17ClN4O3S. The van der Waals surface area contributed by atoms with Gasteiger partial charge in [0.2, 0.25) is 5.91 Å². The van der Waals surface area contributed by atoms with E-state index in [1.165, 1.54) is 20.5 Å². The van der Waals surface area contributed by atoms with E-state index < -0.39 is 11.6 Å². The summed E-state index contributed by atoms with van der Waals surface area (Å²) in [7, 11) is 0. The van der Waals surface area contributed by atoms with Crippen LogP contribution in [0, 0.1) is 0 Å². The fourth-order valence-electron chi connectivity index (χ4n) is 3.25. The summed E-state index contributed by atoms with van der Waals surface area (Å²) in [4.78, 5) is 43.7. The average Bonchev–Trinajstić information content (AvgIpc) is 3.10. The molecule has 1 aromatic carbocycles. The summed E-state index contributed by atoms with van der Waals surface area (Å²) < 4.78 is 2.94. The van der Waals surface area contributed by atoms with Crippen LogP contribution in [0.4, 0.5) is 5.69 Å². The lowest BCUT2D eigenvalue weighted by Gasteiger charge is -2.13. The number of pyridine rings is 1. The van der Waals surface area contributed by atoms with Gasteiger partial charge in [-0.05, 0) is 30.7 Å². The van der Waals surface area contributed by atoms with Crippen LogP contribution in [0.3, 0.4) is 0 Å². The highest BCUT2D eigenvalue weighted by molar-refractivity contribution is 7.25. The van der Waals surface area contributed by atoms with Gasteiger partial charge < -0.3 is 5.32 Å². The molecule has 148 valence electrons. The number of carbonyl (C=O) groups excluding carboxylic acids is 1. The third-order valence-corrected chi connectivity index (χ3v) is 5.93. The number of rotatable bonds is 5. The van der Waals surface area contributed by atoms with Crippen LogP contribution in [-0.2, 0) is 17.9 Å². The van der Waals surface area contributed by atoms with Gasteiger partial charge in [-0.2, -0.15) is 0 Å². The largest absolute Gasteiger partial charge is 0.332 e. The molecule has 0 unspecified atom stereocenters. The lowest BCUT2D eigenvalue weighted by atomic mass is 10.3. The molecule has 4 aromatic rings. The van der Waals surface area contributed by atoms with Gasteiger partial charge in [-0.25, -0.2) is 9.78 Å². The molecule has 3 aromatic heterocycles. The lowest BCUT2D eigenvalue weighted by Crippen LogP contribution is -2.41. The van der Waals surface area contributed by atoms with E-state index in [0.717, 1.165) is 0 Å². The van der Waals surface area contributed by atoms with Gasteiger partial charge in [-0.1, -0.05) is 30.7 Å². The van der Waals surface area contributed by atoms with E-state index >= 15 is 0 Å². The SMILES string of the molecule is CCCn1c(=O)c2sc3ncccc3c2n(CC(=O)Nc2ccccc2Cl)c1=O. The zero-order valence-electron chi connectivity index (χ0n) is 15.5. The van der Waals surface area contributed by atoms with E-state index in [1.54, 1.807) is 42.6 Å². The number of thiophene rings is 1. The number of halogens is 1. The van der Waals surface area contributed by atoms with Gasteiger partial charge in [0.25, 0.3) is 5.56 Å². The number of para-hydroxylation sites is 1. The van der Waals surface area contributed by atoms with Crippen LogP contribution >= 0.6 is 22.9 Å². The van der Waals surface area contributed by atoms with Crippen LogP contribution in [0.5, 0.6) is 0 Å². The molecule has 9 heteroatoms. The number of anilines is 1. The molecule has 0 radical (unpaired) electrons. The molecule has 0 aliphatic rings. The minimum Gasteiger partial charge on any atom is -0.323 e. The molecule has 0 saturated carbocycles. The summed E-state index contributed by atoms with van der Waals surface area (Å²) in [5.74, 6) is -0.411. The van der Waals surface area contributed by atoms with Gasteiger partial charge >= 0.3 is 5.69 Å². The van der Waals surface area contributed by atoms with Crippen molar-refractivity contribution in [2.24, 2.45) is 0 Å². The van der Waals surface area contributed by atoms with Crippen LogP contribution < -0.4 is 16.6 Å². The van der Waals surface area contributed by atoms with Crippen molar-refractivity contribution in [3.63, 3.8) is 0 Å². The van der Waals surface area contributed by atoms with Gasteiger partial charge in [0, 0.05) is 18.1 Å². The van der Waals surface area contributed by atoms with E-state index in [0.29, 0.717) is 37.6 Å². The van der Waals surface area contributed by atoms with Crippen LogP contribution in [0.25, 0.3) is 20.4 Å². The normalized spacial score (nSPS) is 11.2. The van der Waals surface area contributed by atoms with E-state index in [2.05, 4.69) is 10.3 Å². The number of hydrogen-bond acceptors (Lipinski definition) is 5. The number of nitrogens with zero attached hydrogens (tertiary/aromatic N) is 3. The Morgan fingerprint density at radius 3 is 2.72 bits per heavy atom. The highest BCUT2D eigenvalue weighted by Crippen LogP contribution is 2.29. The zero-order valence-corrected chi connectivity index (χ0v) is 17.1. The van der Waals surface area contributed by atoms with Gasteiger partial charge in [-0.3, -0.25) is 18.7 Å². The topological polar surface area (TPSA) is 86.0 Å². The fourth-order valence-corrected chi connectivity index (χ4v) is 4.53. The van der Waals surface area contributed by atoms with Gasteiger partial charge in [0.05, 0.1) is 16.2 Å². The summed E-state index contributed by atoms with van der Waals surface area (Å²) in [5, 5.41) is 3.81. The maximum absolute atomic E-state index is 13.1. The third-order valence-electron chi connectivity index (χ3n) is 4.51. The van der Waals surface area contributed by atoms with Crippen molar-refractivity contribution in [1.82, 2.24) is 14.1 Å². The first-order chi connectivity index (χ1) is 14.0. The zero-order chi connectivity index (χ0) is 20.5. The summed E-state index contributed by atoms with van der Waals surface area (Å²) in [6, 6.07) is 10.4. The van der Waals surface area contributed by atoms with E-state index in [9.17, 15) is 14.4 Å². The number of fused-ring (bicyclic) bond motifs is 3. The smallest absolute Gasteiger partial charge is 0.323 e. The molecule has 0 aliphatic heterocycles. The molecule has 0 atom stereocenters. The minimum atomic E-state index is -0.512. The molecule has 4 rings (SSSR count). The van der Waals surface area contributed by atoms with Crippen molar-refractivity contribution in [2.45, 2.75) is 26.4 Å². The maximum atomic E-state index is 13.1. The van der Waals surface area contributed by atoms with Crippen molar-refractivity contribution in [3.8, 4) is 0 Å². The molecule has 0 spiro atoms. The molecule has 0 saturated heterocycles. The number of aromatic nitrogens is 3. The second-order valence-electron chi connectivity index (χ2n) is 6.49. The van der Waals surface area contributed by atoms with Crippen molar-refractivity contribution in [1.29, 1.82) is 0 Å². The van der Waals surface area contributed by atoms with Crippen molar-refractivity contribution in [3.05, 3.63) is 68.5 Å². The third kappa shape index (κ3) is 3.45. The van der Waals surface area contributed by atoms with Crippen LogP contribution in [-0.4, -0.2) is 20.0 Å². The Hall–Kier alpha value is -2.97. The molecule has 0 fully saturated rings. The van der Waals surface area contributed by atoms with Crippen LogP contribution in [0.2, 0.25) is 5.02 Å². The van der Waals surface area contributed by atoms with Gasteiger partial charge in [0.1, 0.15) is 16.1 Å². The molecule has 0 aliphatic carbocycles. The van der Waals surface area contributed by atoms with Crippen molar-refractivity contribution in [2.75, 3.05) is 5.32 Å². The fraction of sp³-hybridized carbons (Fsp3) is 0.200. The summed E-state index contributed by atoms with van der Waals surface area (Å²) in [6.45, 7) is 1.92. The Morgan fingerprint density at radius 2 is 1.97 bits per heavy atom. The Bertz CT molecular complexity index is 1360. The predicted molar refractivity (Wildman–Crippen MR) is 116 cm³/mol.